The van der Waals surface area contributed by atoms with Crippen molar-refractivity contribution < 1.29 is 9.53 Å². The van der Waals surface area contributed by atoms with Gasteiger partial charge in [-0.1, -0.05) is 25.1 Å². The molecule has 0 aromatic carbocycles. The third-order valence-electron chi connectivity index (χ3n) is 3.97. The molecule has 0 unspecified atom stereocenters. The van der Waals surface area contributed by atoms with E-state index in [1.165, 1.54) is 11.6 Å². The van der Waals surface area contributed by atoms with Gasteiger partial charge in [-0.2, -0.15) is 0 Å². The Morgan fingerprint density at radius 3 is 2.50 bits per heavy atom. The summed E-state index contributed by atoms with van der Waals surface area (Å²) in [6, 6.07) is 0. The van der Waals surface area contributed by atoms with E-state index in [2.05, 4.69) is 16.9 Å². The fourth-order valence-corrected chi connectivity index (χ4v) is 3.43. The molecule has 0 amide bonds. The van der Waals surface area contributed by atoms with E-state index in [-0.39, 0.29) is 23.6 Å². The second-order valence-electron chi connectivity index (χ2n) is 5.97. The van der Waals surface area contributed by atoms with Gasteiger partial charge in [0.1, 0.15) is 21.5 Å². The molecular formula is C17H24N4O4S. The first kappa shape index (κ1) is 20.2. The van der Waals surface area contributed by atoms with Crippen LogP contribution in [0.2, 0.25) is 0 Å². The van der Waals surface area contributed by atoms with Crippen molar-refractivity contribution in [3.63, 3.8) is 0 Å². The lowest BCUT2D eigenvalue weighted by Gasteiger charge is -2.14. The zero-order valence-corrected chi connectivity index (χ0v) is 16.6. The Hall–Kier alpha value is -2.16. The average molecular weight is 380 g/mol. The van der Waals surface area contributed by atoms with Crippen molar-refractivity contribution in [2.45, 2.75) is 50.3 Å². The zero-order valence-electron chi connectivity index (χ0n) is 15.7. The molecule has 9 heteroatoms. The van der Waals surface area contributed by atoms with Crippen molar-refractivity contribution in [2.24, 2.45) is 14.1 Å². The number of hydrogen-bond acceptors (Lipinski definition) is 7. The molecule has 2 aromatic heterocycles. The molecule has 0 bridgehead atoms. The summed E-state index contributed by atoms with van der Waals surface area (Å²) < 4.78 is 7.40. The van der Waals surface area contributed by atoms with E-state index < -0.39 is 16.5 Å². The normalized spacial score (nSPS) is 12.3. The molecule has 2 heterocycles. The third kappa shape index (κ3) is 3.98. The maximum atomic E-state index is 12.7. The fraction of sp³-hybridized carbons (Fsp3) is 0.588. The number of thioether (sulfide) groups is 1. The molecule has 0 N–H and O–H groups in total. The summed E-state index contributed by atoms with van der Waals surface area (Å²) in [5.74, 6) is 0.183. The minimum atomic E-state index is -0.533. The van der Waals surface area contributed by atoms with Crippen LogP contribution in [0, 0.1) is 0 Å². The van der Waals surface area contributed by atoms with Gasteiger partial charge in [0.15, 0.2) is 5.65 Å². The molecule has 26 heavy (non-hydrogen) atoms. The van der Waals surface area contributed by atoms with Crippen molar-refractivity contribution >= 4 is 28.8 Å². The molecule has 0 aliphatic rings. The second-order valence-corrected chi connectivity index (χ2v) is 7.29. The van der Waals surface area contributed by atoms with Gasteiger partial charge < -0.3 is 4.74 Å². The van der Waals surface area contributed by atoms with E-state index in [9.17, 15) is 14.4 Å². The number of rotatable bonds is 7. The number of unbranched alkanes of at least 4 members (excludes halogenated alkanes) is 1. The van der Waals surface area contributed by atoms with Crippen LogP contribution in [-0.2, 0) is 30.0 Å². The molecule has 0 radical (unpaired) electrons. The fourth-order valence-electron chi connectivity index (χ4n) is 2.48. The van der Waals surface area contributed by atoms with Crippen LogP contribution in [-0.4, -0.2) is 36.9 Å². The van der Waals surface area contributed by atoms with Crippen LogP contribution in [0.5, 0.6) is 0 Å². The maximum Gasteiger partial charge on any atom is 0.332 e. The summed E-state index contributed by atoms with van der Waals surface area (Å²) in [6.45, 7) is 5.79. The number of nitrogens with zero attached hydrogens (tertiary/aromatic N) is 4. The third-order valence-corrected chi connectivity index (χ3v) is 5.04. The SMILES string of the molecule is CCCCc1nc(S[C@@H](C)C(=O)OCC)c2c(=O)n(C)c(=O)n(C)c2n1. The first-order valence-corrected chi connectivity index (χ1v) is 9.49. The molecule has 0 fully saturated rings. The van der Waals surface area contributed by atoms with Crippen molar-refractivity contribution in [3.8, 4) is 0 Å². The lowest BCUT2D eigenvalue weighted by molar-refractivity contribution is -0.142. The Labute approximate surface area is 155 Å². The Bertz CT molecular complexity index is 935. The van der Waals surface area contributed by atoms with Gasteiger partial charge in [-0.15, -0.1) is 0 Å². The van der Waals surface area contributed by atoms with E-state index in [0.29, 0.717) is 17.3 Å². The smallest absolute Gasteiger partial charge is 0.332 e. The molecule has 1 atom stereocenters. The molecule has 0 saturated carbocycles. The predicted octanol–water partition coefficient (Wildman–Crippen LogP) is 1.41. The van der Waals surface area contributed by atoms with Crippen molar-refractivity contribution in [3.05, 3.63) is 26.7 Å². The highest BCUT2D eigenvalue weighted by atomic mass is 32.2. The minimum Gasteiger partial charge on any atom is -0.465 e. The first-order valence-electron chi connectivity index (χ1n) is 8.61. The van der Waals surface area contributed by atoms with Gasteiger partial charge in [0.2, 0.25) is 0 Å². The molecule has 0 saturated heterocycles. The molecular weight excluding hydrogens is 356 g/mol. The molecule has 8 nitrogen and oxygen atoms in total. The Balaban J connectivity index is 2.67. The van der Waals surface area contributed by atoms with Gasteiger partial charge in [0, 0.05) is 20.5 Å². The zero-order chi connectivity index (χ0) is 19.4. The number of aromatic nitrogens is 4. The summed E-state index contributed by atoms with van der Waals surface area (Å²) >= 11 is 1.15. The monoisotopic (exact) mass is 380 g/mol. The summed E-state index contributed by atoms with van der Waals surface area (Å²) in [5.41, 5.74) is -0.626. The quantitative estimate of drug-likeness (QED) is 0.407. The lowest BCUT2D eigenvalue weighted by Crippen LogP contribution is -2.38. The largest absolute Gasteiger partial charge is 0.465 e. The number of aryl methyl sites for hydroxylation is 2. The van der Waals surface area contributed by atoms with Gasteiger partial charge in [0.25, 0.3) is 5.56 Å². The van der Waals surface area contributed by atoms with Crippen LogP contribution < -0.4 is 11.2 Å². The standard InChI is InChI=1S/C17H24N4O4S/c1-6-8-9-11-18-13-12(15(22)21(5)17(24)20(13)4)14(19-11)26-10(3)16(23)25-7-2/h10H,6-9H2,1-5H3/t10-/m0/s1. The number of carbonyl (C=O) groups excluding carboxylic acids is 1. The summed E-state index contributed by atoms with van der Waals surface area (Å²) in [5, 5.41) is 0.114. The highest BCUT2D eigenvalue weighted by Gasteiger charge is 2.22. The van der Waals surface area contributed by atoms with Crippen LogP contribution in [0.25, 0.3) is 11.0 Å². The van der Waals surface area contributed by atoms with Crippen LogP contribution in [0.1, 0.15) is 39.4 Å². The lowest BCUT2D eigenvalue weighted by atomic mass is 10.2. The molecule has 142 valence electrons. The van der Waals surface area contributed by atoms with E-state index in [1.807, 2.05) is 0 Å². The molecule has 2 rings (SSSR count). The Kier molecular flexibility index (Phi) is 6.57. The summed E-state index contributed by atoms with van der Waals surface area (Å²) in [4.78, 5) is 45.8. The number of carbonyl (C=O) groups is 1. The molecule has 0 aliphatic carbocycles. The summed E-state index contributed by atoms with van der Waals surface area (Å²) in [7, 11) is 2.99. The molecule has 0 aliphatic heterocycles. The average Bonchev–Trinajstić information content (AvgIpc) is 2.62. The molecule has 0 spiro atoms. The number of esters is 1. The van der Waals surface area contributed by atoms with Crippen molar-refractivity contribution in [1.29, 1.82) is 0 Å². The first-order chi connectivity index (χ1) is 12.3. The van der Waals surface area contributed by atoms with Gasteiger partial charge >= 0.3 is 11.7 Å². The van der Waals surface area contributed by atoms with E-state index in [4.69, 9.17) is 4.74 Å². The number of fused-ring (bicyclic) bond motifs is 1. The summed E-state index contributed by atoms with van der Waals surface area (Å²) in [6.07, 6.45) is 2.50. The van der Waals surface area contributed by atoms with E-state index in [1.54, 1.807) is 20.9 Å². The van der Waals surface area contributed by atoms with Gasteiger partial charge in [-0.25, -0.2) is 14.8 Å². The second kappa shape index (κ2) is 8.48. The number of hydrogen-bond donors (Lipinski definition) is 0. The highest BCUT2D eigenvalue weighted by molar-refractivity contribution is 8.00. The van der Waals surface area contributed by atoms with E-state index >= 15 is 0 Å². The Morgan fingerprint density at radius 2 is 1.88 bits per heavy atom. The molecule has 2 aromatic rings. The minimum absolute atomic E-state index is 0.246. The Morgan fingerprint density at radius 1 is 1.19 bits per heavy atom. The van der Waals surface area contributed by atoms with Crippen LogP contribution >= 0.6 is 11.8 Å². The highest BCUT2D eigenvalue weighted by Crippen LogP contribution is 2.27. The van der Waals surface area contributed by atoms with Crippen LogP contribution in [0.3, 0.4) is 0 Å². The van der Waals surface area contributed by atoms with Gasteiger partial charge in [-0.05, 0) is 20.3 Å². The topological polar surface area (TPSA) is 96.1 Å². The van der Waals surface area contributed by atoms with Crippen molar-refractivity contribution in [2.75, 3.05) is 6.61 Å². The van der Waals surface area contributed by atoms with E-state index in [0.717, 1.165) is 29.2 Å². The van der Waals surface area contributed by atoms with Crippen LogP contribution in [0.4, 0.5) is 0 Å². The van der Waals surface area contributed by atoms with Crippen LogP contribution in [0.15, 0.2) is 14.6 Å². The number of ether oxygens (including phenoxy) is 1. The maximum absolute atomic E-state index is 12.7. The predicted molar refractivity (Wildman–Crippen MR) is 101 cm³/mol. The van der Waals surface area contributed by atoms with Gasteiger partial charge in [0.05, 0.1) is 6.61 Å². The van der Waals surface area contributed by atoms with Crippen molar-refractivity contribution in [1.82, 2.24) is 19.1 Å². The van der Waals surface area contributed by atoms with Gasteiger partial charge in [-0.3, -0.25) is 18.7 Å².